The molecule has 2 N–H and O–H groups in total. The van der Waals surface area contributed by atoms with Crippen LogP contribution in [0.5, 0.6) is 0 Å². The second kappa shape index (κ2) is 8.25. The third kappa shape index (κ3) is 5.91. The molecule has 0 aromatic heterocycles. The Morgan fingerprint density at radius 1 is 1.05 bits per heavy atom. The third-order valence-electron chi connectivity index (χ3n) is 3.55. The van der Waals surface area contributed by atoms with Crippen molar-refractivity contribution in [3.8, 4) is 0 Å². The number of rotatable bonds is 8. The molecule has 1 aromatic rings. The first-order valence-electron chi connectivity index (χ1n) is 7.65. The Labute approximate surface area is 123 Å². The van der Waals surface area contributed by atoms with Crippen molar-refractivity contribution in [2.75, 3.05) is 18.8 Å². The minimum atomic E-state index is -0.258. The average molecular weight is 280 g/mol. The molecule has 1 rings (SSSR count). The maximum absolute atomic E-state index is 14.0. The highest BCUT2D eigenvalue weighted by molar-refractivity contribution is 5.42. The molecule has 2 nitrogen and oxygen atoms in total. The van der Waals surface area contributed by atoms with Gasteiger partial charge in [-0.25, -0.2) is 4.39 Å². The monoisotopic (exact) mass is 280 g/mol. The van der Waals surface area contributed by atoms with Crippen molar-refractivity contribution >= 4 is 5.69 Å². The minimum Gasteiger partial charge on any atom is -0.396 e. The Morgan fingerprint density at radius 2 is 1.60 bits per heavy atom. The van der Waals surface area contributed by atoms with Crippen molar-refractivity contribution in [2.45, 2.75) is 47.1 Å². The number of hydrogen-bond acceptors (Lipinski definition) is 2. The van der Waals surface area contributed by atoms with Gasteiger partial charge in [0.25, 0.3) is 0 Å². The molecule has 1 aromatic carbocycles. The Balaban J connectivity index is 2.69. The number of halogens is 1. The number of nitrogen functional groups attached to an aromatic ring is 1. The van der Waals surface area contributed by atoms with Gasteiger partial charge in [-0.2, -0.15) is 0 Å². The van der Waals surface area contributed by atoms with Gasteiger partial charge in [-0.3, -0.25) is 4.90 Å². The Kier molecular flexibility index (Phi) is 7.00. The smallest absolute Gasteiger partial charge is 0.150 e. The van der Waals surface area contributed by atoms with Crippen LogP contribution < -0.4 is 5.73 Å². The van der Waals surface area contributed by atoms with E-state index in [1.54, 1.807) is 6.07 Å². The first-order valence-corrected chi connectivity index (χ1v) is 7.65. The van der Waals surface area contributed by atoms with E-state index in [-0.39, 0.29) is 11.5 Å². The maximum atomic E-state index is 14.0. The van der Waals surface area contributed by atoms with Crippen LogP contribution in [0.15, 0.2) is 18.2 Å². The summed E-state index contributed by atoms with van der Waals surface area (Å²) < 4.78 is 14.0. The van der Waals surface area contributed by atoms with E-state index in [1.807, 2.05) is 12.1 Å². The van der Waals surface area contributed by atoms with Crippen LogP contribution in [0.25, 0.3) is 0 Å². The lowest BCUT2D eigenvalue weighted by molar-refractivity contribution is 0.233. The van der Waals surface area contributed by atoms with Crippen LogP contribution in [0.1, 0.15) is 46.1 Å². The second-order valence-electron chi connectivity index (χ2n) is 6.46. The summed E-state index contributed by atoms with van der Waals surface area (Å²) in [6.07, 6.45) is 2.28. The van der Waals surface area contributed by atoms with Crippen LogP contribution in [0.4, 0.5) is 10.1 Å². The maximum Gasteiger partial charge on any atom is 0.150 e. The van der Waals surface area contributed by atoms with Gasteiger partial charge in [-0.15, -0.1) is 0 Å². The van der Waals surface area contributed by atoms with Gasteiger partial charge in [-0.1, -0.05) is 39.8 Å². The lowest BCUT2D eigenvalue weighted by atomic mass is 10.1. The van der Waals surface area contributed by atoms with Crippen LogP contribution in [0.2, 0.25) is 0 Å². The molecule has 0 saturated heterocycles. The van der Waals surface area contributed by atoms with Crippen LogP contribution in [0.3, 0.4) is 0 Å². The number of anilines is 1. The van der Waals surface area contributed by atoms with Crippen molar-refractivity contribution in [3.05, 3.63) is 29.6 Å². The molecule has 3 heteroatoms. The van der Waals surface area contributed by atoms with E-state index in [0.29, 0.717) is 23.9 Å². The molecule has 114 valence electrons. The van der Waals surface area contributed by atoms with E-state index in [4.69, 9.17) is 5.73 Å². The normalized spacial score (nSPS) is 11.8. The van der Waals surface area contributed by atoms with Gasteiger partial charge in [0.2, 0.25) is 0 Å². The summed E-state index contributed by atoms with van der Waals surface area (Å²) >= 11 is 0. The van der Waals surface area contributed by atoms with Crippen molar-refractivity contribution in [1.29, 1.82) is 0 Å². The summed E-state index contributed by atoms with van der Waals surface area (Å²) in [5, 5.41) is 0. The average Bonchev–Trinajstić information content (AvgIpc) is 2.37. The lowest BCUT2D eigenvalue weighted by Gasteiger charge is -2.24. The van der Waals surface area contributed by atoms with Gasteiger partial charge in [0.05, 0.1) is 5.69 Å². The predicted octanol–water partition coefficient (Wildman–Crippen LogP) is 4.30. The largest absolute Gasteiger partial charge is 0.396 e. The molecular formula is C17H29FN2. The highest BCUT2D eigenvalue weighted by Gasteiger charge is 2.12. The molecule has 0 atom stereocenters. The number of hydrogen-bond donors (Lipinski definition) is 1. The summed E-state index contributed by atoms with van der Waals surface area (Å²) in [5.74, 6) is 1.08. The van der Waals surface area contributed by atoms with Gasteiger partial charge in [0.1, 0.15) is 0 Å². The second-order valence-corrected chi connectivity index (χ2v) is 6.46. The number of nitrogens with two attached hydrogens (primary N) is 1. The highest BCUT2D eigenvalue weighted by atomic mass is 19.1. The molecule has 0 heterocycles. The lowest BCUT2D eigenvalue weighted by Crippen LogP contribution is -2.28. The van der Waals surface area contributed by atoms with E-state index >= 15 is 0 Å². The zero-order valence-corrected chi connectivity index (χ0v) is 13.3. The fraction of sp³-hybridized carbons (Fsp3) is 0.647. The Bertz CT molecular complexity index is 390. The van der Waals surface area contributed by atoms with E-state index in [2.05, 4.69) is 32.6 Å². The summed E-state index contributed by atoms with van der Waals surface area (Å²) in [6, 6.07) is 5.28. The molecule has 0 aliphatic heterocycles. The van der Waals surface area contributed by atoms with E-state index < -0.39 is 0 Å². The third-order valence-corrected chi connectivity index (χ3v) is 3.55. The zero-order valence-electron chi connectivity index (χ0n) is 13.3. The molecule has 20 heavy (non-hydrogen) atoms. The van der Waals surface area contributed by atoms with Gasteiger partial charge in [-0.05, 0) is 43.8 Å². The molecule has 0 aliphatic rings. The van der Waals surface area contributed by atoms with Gasteiger partial charge in [0, 0.05) is 12.1 Å². The van der Waals surface area contributed by atoms with Crippen molar-refractivity contribution in [3.63, 3.8) is 0 Å². The van der Waals surface area contributed by atoms with Gasteiger partial charge >= 0.3 is 0 Å². The highest BCUT2D eigenvalue weighted by Crippen LogP contribution is 2.18. The van der Waals surface area contributed by atoms with Crippen LogP contribution in [-0.4, -0.2) is 18.0 Å². The van der Waals surface area contributed by atoms with E-state index in [0.717, 1.165) is 25.9 Å². The number of benzene rings is 1. The molecule has 0 radical (unpaired) electrons. The molecule has 0 aliphatic carbocycles. The zero-order chi connectivity index (χ0) is 15.1. The predicted molar refractivity (Wildman–Crippen MR) is 85.0 cm³/mol. The molecule has 0 saturated carbocycles. The quantitative estimate of drug-likeness (QED) is 0.719. The van der Waals surface area contributed by atoms with Gasteiger partial charge in [0.15, 0.2) is 5.82 Å². The van der Waals surface area contributed by atoms with Crippen molar-refractivity contribution < 1.29 is 4.39 Å². The van der Waals surface area contributed by atoms with E-state index in [9.17, 15) is 4.39 Å². The first kappa shape index (κ1) is 17.0. The Hall–Kier alpha value is -1.09. The standard InChI is InChI=1S/C17H29FN2/c1-13(2)8-10-20(11-9-14(3)4)12-15-6-5-7-16(19)17(15)18/h5-7,13-14H,8-12,19H2,1-4H3. The molecule has 0 spiro atoms. The fourth-order valence-corrected chi connectivity index (χ4v) is 2.11. The summed E-state index contributed by atoms with van der Waals surface area (Å²) in [7, 11) is 0. The topological polar surface area (TPSA) is 29.3 Å². The van der Waals surface area contributed by atoms with Gasteiger partial charge < -0.3 is 5.73 Å². The van der Waals surface area contributed by atoms with Crippen molar-refractivity contribution in [2.24, 2.45) is 11.8 Å². The molecular weight excluding hydrogens is 251 g/mol. The van der Waals surface area contributed by atoms with Crippen LogP contribution in [-0.2, 0) is 6.54 Å². The first-order chi connectivity index (χ1) is 9.40. The van der Waals surface area contributed by atoms with E-state index in [1.165, 1.54) is 0 Å². The number of nitrogens with zero attached hydrogens (tertiary/aromatic N) is 1. The molecule has 0 unspecified atom stereocenters. The Morgan fingerprint density at radius 3 is 2.10 bits per heavy atom. The minimum absolute atomic E-state index is 0.246. The molecule has 0 fully saturated rings. The van der Waals surface area contributed by atoms with Crippen molar-refractivity contribution in [1.82, 2.24) is 4.90 Å². The molecule has 0 bridgehead atoms. The summed E-state index contributed by atoms with van der Waals surface area (Å²) in [4.78, 5) is 2.35. The fourth-order valence-electron chi connectivity index (χ4n) is 2.11. The summed E-state index contributed by atoms with van der Waals surface area (Å²) in [6.45, 7) is 11.6. The van der Waals surface area contributed by atoms with Crippen LogP contribution in [0, 0.1) is 17.7 Å². The SMILES string of the molecule is CC(C)CCN(CCC(C)C)Cc1cccc(N)c1F. The molecule has 0 amide bonds. The summed E-state index contributed by atoms with van der Waals surface area (Å²) in [5.41, 5.74) is 6.60. The van der Waals surface area contributed by atoms with Crippen LogP contribution >= 0.6 is 0 Å².